The third kappa shape index (κ3) is 34.5. The van der Waals surface area contributed by atoms with Crippen LogP contribution in [0.1, 0.15) is 195 Å². The molecule has 0 saturated heterocycles. The van der Waals surface area contributed by atoms with Gasteiger partial charge >= 0.3 is 0 Å². The number of nitrogens with zero attached hydrogens (tertiary/aromatic N) is 2. The van der Waals surface area contributed by atoms with Crippen LogP contribution in [-0.4, -0.2) is 62.3 Å². The van der Waals surface area contributed by atoms with E-state index in [0.717, 1.165) is 13.0 Å². The van der Waals surface area contributed by atoms with Gasteiger partial charge in [0.1, 0.15) is 0 Å². The van der Waals surface area contributed by atoms with E-state index in [0.29, 0.717) is 13.2 Å². The predicted molar refractivity (Wildman–Crippen MR) is 191 cm³/mol. The van der Waals surface area contributed by atoms with Gasteiger partial charge in [-0.25, -0.2) is 0 Å². The van der Waals surface area contributed by atoms with Crippen LogP contribution in [0.15, 0.2) is 0 Å². The highest BCUT2D eigenvalue weighted by atomic mass is 16.9. The van der Waals surface area contributed by atoms with Crippen LogP contribution in [0.3, 0.4) is 0 Å². The molecule has 0 heterocycles. The fourth-order valence-corrected chi connectivity index (χ4v) is 6.10. The first kappa shape index (κ1) is 42.8. The molecule has 0 unspecified atom stereocenters. The molecule has 0 aliphatic rings. The third-order valence-electron chi connectivity index (χ3n) is 8.92. The molecular formula is C38H81N3O2. The van der Waals surface area contributed by atoms with Crippen molar-refractivity contribution in [2.45, 2.75) is 195 Å². The Morgan fingerprint density at radius 3 is 0.977 bits per heavy atom. The molecule has 0 fully saturated rings. The molecule has 0 aromatic rings. The Balaban J connectivity index is 4.51. The minimum absolute atomic E-state index is 0.624. The first-order valence-electron chi connectivity index (χ1n) is 19.7. The second-order valence-electron chi connectivity index (χ2n) is 13.2. The molecule has 0 atom stereocenters. The first-order chi connectivity index (χ1) is 21.3. The van der Waals surface area contributed by atoms with E-state index in [9.17, 15) is 0 Å². The van der Waals surface area contributed by atoms with Crippen LogP contribution in [0.25, 0.3) is 0 Å². The summed E-state index contributed by atoms with van der Waals surface area (Å²) >= 11 is 0. The molecule has 0 aliphatic heterocycles. The van der Waals surface area contributed by atoms with Crippen molar-refractivity contribution in [2.24, 2.45) is 0 Å². The summed E-state index contributed by atoms with van der Waals surface area (Å²) in [4.78, 5) is 16.1. The van der Waals surface area contributed by atoms with Crippen molar-refractivity contribution in [3.05, 3.63) is 0 Å². The van der Waals surface area contributed by atoms with Crippen molar-refractivity contribution >= 4 is 0 Å². The molecule has 0 aliphatic carbocycles. The summed E-state index contributed by atoms with van der Waals surface area (Å²) in [5, 5.41) is 0. The lowest BCUT2D eigenvalue weighted by molar-refractivity contribution is -0.168. The Morgan fingerprint density at radius 1 is 0.326 bits per heavy atom. The van der Waals surface area contributed by atoms with E-state index in [4.69, 9.17) is 9.68 Å². The summed E-state index contributed by atoms with van der Waals surface area (Å²) < 4.78 is 0. The smallest absolute Gasteiger partial charge is 0.0721 e. The van der Waals surface area contributed by atoms with Gasteiger partial charge in [-0.15, -0.1) is 0 Å². The van der Waals surface area contributed by atoms with Crippen LogP contribution < -0.4 is 5.64 Å². The van der Waals surface area contributed by atoms with Gasteiger partial charge in [0, 0.05) is 6.54 Å². The summed E-state index contributed by atoms with van der Waals surface area (Å²) in [7, 11) is 0. The highest BCUT2D eigenvalue weighted by Crippen LogP contribution is 2.13. The van der Waals surface area contributed by atoms with E-state index in [1.807, 2.05) is 6.92 Å². The van der Waals surface area contributed by atoms with Gasteiger partial charge in [-0.1, -0.05) is 161 Å². The molecule has 0 spiro atoms. The lowest BCUT2D eigenvalue weighted by Gasteiger charge is -2.26. The standard InChI is InChI=1S/C38H81N3O2/c1-5-9-12-15-18-21-24-27-32-40(33-28-25-22-19-16-13-10-6-2)35-30-36-41(37-31-38-43-39-42-8-4)34-29-26-23-20-17-14-11-7-3/h39H,5-38H2,1-4H3. The van der Waals surface area contributed by atoms with Crippen molar-refractivity contribution in [3.8, 4) is 0 Å². The van der Waals surface area contributed by atoms with Crippen molar-refractivity contribution in [1.82, 2.24) is 15.4 Å². The Hall–Kier alpha value is -0.200. The molecule has 5 heteroatoms. The minimum atomic E-state index is 0.624. The fraction of sp³-hybridized carbons (Fsp3) is 1.00. The van der Waals surface area contributed by atoms with Crippen LogP contribution in [0.2, 0.25) is 0 Å². The number of hydrogen-bond acceptors (Lipinski definition) is 5. The average molecular weight is 612 g/mol. The van der Waals surface area contributed by atoms with E-state index in [-0.39, 0.29) is 0 Å². The third-order valence-corrected chi connectivity index (χ3v) is 8.92. The van der Waals surface area contributed by atoms with Crippen LogP contribution in [0, 0.1) is 0 Å². The number of nitrogens with one attached hydrogen (secondary N) is 1. The van der Waals surface area contributed by atoms with Gasteiger partial charge in [-0.05, 0) is 71.8 Å². The maximum absolute atomic E-state index is 5.43. The maximum atomic E-state index is 5.43. The Labute approximate surface area is 271 Å². The van der Waals surface area contributed by atoms with Gasteiger partial charge < -0.3 is 9.80 Å². The lowest BCUT2D eigenvalue weighted by atomic mass is 10.1. The summed E-state index contributed by atoms with van der Waals surface area (Å²) in [5.41, 5.74) is 2.60. The summed E-state index contributed by atoms with van der Waals surface area (Å²) in [6.07, 6.45) is 36.1. The molecule has 5 nitrogen and oxygen atoms in total. The van der Waals surface area contributed by atoms with Crippen molar-refractivity contribution in [1.29, 1.82) is 0 Å². The van der Waals surface area contributed by atoms with E-state index in [1.165, 1.54) is 193 Å². The SMILES string of the molecule is CCCCCCCCCCN(CCCCCCCCCC)CCCN(CCCCCCCCCC)CCCONOCC. The number of rotatable bonds is 38. The van der Waals surface area contributed by atoms with Gasteiger partial charge in [0.05, 0.1) is 13.2 Å². The van der Waals surface area contributed by atoms with Gasteiger partial charge in [0.15, 0.2) is 0 Å². The second kappa shape index (κ2) is 38.0. The summed E-state index contributed by atoms with van der Waals surface area (Å²) in [6, 6.07) is 0. The molecule has 43 heavy (non-hydrogen) atoms. The van der Waals surface area contributed by atoms with E-state index >= 15 is 0 Å². The van der Waals surface area contributed by atoms with E-state index in [2.05, 4.69) is 36.2 Å². The molecule has 0 rings (SSSR count). The van der Waals surface area contributed by atoms with Crippen LogP contribution in [0.5, 0.6) is 0 Å². The number of hydrogen-bond donors (Lipinski definition) is 1. The Morgan fingerprint density at radius 2 is 0.628 bits per heavy atom. The second-order valence-corrected chi connectivity index (χ2v) is 13.2. The molecular weight excluding hydrogens is 530 g/mol. The zero-order chi connectivity index (χ0) is 31.3. The van der Waals surface area contributed by atoms with Gasteiger partial charge in [0.2, 0.25) is 0 Å². The molecule has 0 radical (unpaired) electrons. The zero-order valence-electron chi connectivity index (χ0n) is 30.3. The van der Waals surface area contributed by atoms with Gasteiger partial charge in [-0.2, -0.15) is 0 Å². The average Bonchev–Trinajstić information content (AvgIpc) is 3.02. The van der Waals surface area contributed by atoms with E-state index < -0.39 is 0 Å². The Kier molecular flexibility index (Phi) is 37.8. The fourth-order valence-electron chi connectivity index (χ4n) is 6.10. The molecule has 0 amide bonds. The van der Waals surface area contributed by atoms with Gasteiger partial charge in [-0.3, -0.25) is 9.68 Å². The summed E-state index contributed by atoms with van der Waals surface area (Å²) in [6.45, 7) is 17.7. The molecule has 0 saturated carbocycles. The maximum Gasteiger partial charge on any atom is 0.0721 e. The van der Waals surface area contributed by atoms with E-state index in [1.54, 1.807) is 0 Å². The Bertz CT molecular complexity index is 474. The van der Waals surface area contributed by atoms with Crippen molar-refractivity contribution in [3.63, 3.8) is 0 Å². The predicted octanol–water partition coefficient (Wildman–Crippen LogP) is 11.3. The normalized spacial score (nSPS) is 11.9. The molecule has 1 N–H and O–H groups in total. The van der Waals surface area contributed by atoms with Gasteiger partial charge in [0.25, 0.3) is 0 Å². The van der Waals surface area contributed by atoms with Crippen molar-refractivity contribution in [2.75, 3.05) is 52.5 Å². The highest BCUT2D eigenvalue weighted by Gasteiger charge is 2.09. The zero-order valence-corrected chi connectivity index (χ0v) is 30.3. The molecule has 0 aromatic carbocycles. The molecule has 0 aromatic heterocycles. The monoisotopic (exact) mass is 612 g/mol. The van der Waals surface area contributed by atoms with Crippen molar-refractivity contribution < 1.29 is 9.68 Å². The minimum Gasteiger partial charge on any atom is -0.303 e. The summed E-state index contributed by atoms with van der Waals surface area (Å²) in [5.74, 6) is 0. The van der Waals surface area contributed by atoms with Crippen LogP contribution in [0.4, 0.5) is 0 Å². The quantitative estimate of drug-likeness (QED) is 0.0555. The highest BCUT2D eigenvalue weighted by molar-refractivity contribution is 4.64. The van der Waals surface area contributed by atoms with Crippen LogP contribution in [-0.2, 0) is 9.68 Å². The largest absolute Gasteiger partial charge is 0.303 e. The molecule has 260 valence electrons. The lowest BCUT2D eigenvalue weighted by Crippen LogP contribution is -2.33. The van der Waals surface area contributed by atoms with Crippen LogP contribution >= 0.6 is 0 Å². The first-order valence-corrected chi connectivity index (χ1v) is 19.7. The molecule has 0 bridgehead atoms. The number of unbranched alkanes of at least 4 members (excludes halogenated alkanes) is 21. The topological polar surface area (TPSA) is 37.0 Å².